The molecule has 2 aliphatic rings. The SMILES string of the molecule is COc1ccc(C[C@@H]2CCCN2c2cc(N3CCOCC3)cc(=O)[nH]2)cn1. The van der Waals surface area contributed by atoms with Crippen molar-refractivity contribution in [3.05, 3.63) is 46.4 Å². The second-order valence-corrected chi connectivity index (χ2v) is 7.09. The lowest BCUT2D eigenvalue weighted by Gasteiger charge is -2.31. The number of nitrogens with zero attached hydrogens (tertiary/aromatic N) is 3. The number of hydrogen-bond acceptors (Lipinski definition) is 6. The zero-order valence-corrected chi connectivity index (χ0v) is 15.7. The largest absolute Gasteiger partial charge is 0.481 e. The number of H-pyrrole nitrogens is 1. The van der Waals surface area contributed by atoms with Crippen LogP contribution in [0.2, 0.25) is 0 Å². The first-order valence-electron chi connectivity index (χ1n) is 9.55. The first kappa shape index (κ1) is 17.9. The molecule has 1 atom stereocenters. The van der Waals surface area contributed by atoms with Crippen LogP contribution in [0.4, 0.5) is 11.5 Å². The number of aromatic amines is 1. The number of ether oxygens (including phenoxy) is 2. The van der Waals surface area contributed by atoms with Crippen molar-refractivity contribution in [2.24, 2.45) is 0 Å². The Morgan fingerprint density at radius 2 is 2.11 bits per heavy atom. The van der Waals surface area contributed by atoms with Crippen molar-refractivity contribution in [2.45, 2.75) is 25.3 Å². The summed E-state index contributed by atoms with van der Waals surface area (Å²) in [4.78, 5) is 24.2. The maximum absolute atomic E-state index is 12.3. The van der Waals surface area contributed by atoms with Crippen LogP contribution in [0.5, 0.6) is 5.88 Å². The molecule has 2 fully saturated rings. The van der Waals surface area contributed by atoms with Gasteiger partial charge < -0.3 is 24.3 Å². The summed E-state index contributed by atoms with van der Waals surface area (Å²) in [6.07, 6.45) is 5.01. The normalized spacial score (nSPS) is 20.1. The Kier molecular flexibility index (Phi) is 5.29. The van der Waals surface area contributed by atoms with Crippen LogP contribution in [-0.4, -0.2) is 56.0 Å². The molecule has 0 bridgehead atoms. The van der Waals surface area contributed by atoms with E-state index < -0.39 is 0 Å². The quantitative estimate of drug-likeness (QED) is 0.866. The van der Waals surface area contributed by atoms with E-state index in [9.17, 15) is 4.79 Å². The number of anilines is 2. The maximum atomic E-state index is 12.3. The van der Waals surface area contributed by atoms with Crippen LogP contribution >= 0.6 is 0 Å². The number of morpholine rings is 1. The van der Waals surface area contributed by atoms with E-state index in [0.29, 0.717) is 25.1 Å². The van der Waals surface area contributed by atoms with Gasteiger partial charge in [0.25, 0.3) is 5.56 Å². The fraction of sp³-hybridized carbons (Fsp3) is 0.500. The standard InChI is InChI=1S/C20H26N4O3/c1-26-20-5-4-15(14-21-20)11-16-3-2-6-24(16)18-12-17(13-19(25)22-18)23-7-9-27-10-8-23/h4-5,12-14,16H,2-3,6-11H2,1H3,(H,22,25)/t16-/m0/s1. The van der Waals surface area contributed by atoms with Gasteiger partial charge in [0.1, 0.15) is 5.82 Å². The van der Waals surface area contributed by atoms with E-state index in [1.165, 1.54) is 5.56 Å². The second-order valence-electron chi connectivity index (χ2n) is 7.09. The minimum Gasteiger partial charge on any atom is -0.481 e. The third kappa shape index (κ3) is 4.08. The van der Waals surface area contributed by atoms with E-state index >= 15 is 0 Å². The molecule has 0 amide bonds. The average molecular weight is 370 g/mol. The second kappa shape index (κ2) is 8.00. The minimum absolute atomic E-state index is 0.0502. The van der Waals surface area contributed by atoms with Crippen molar-refractivity contribution in [3.63, 3.8) is 0 Å². The third-order valence-corrected chi connectivity index (χ3v) is 5.36. The van der Waals surface area contributed by atoms with Gasteiger partial charge >= 0.3 is 0 Å². The number of methoxy groups -OCH3 is 1. The van der Waals surface area contributed by atoms with Gasteiger partial charge in [-0.1, -0.05) is 6.07 Å². The van der Waals surface area contributed by atoms with Crippen LogP contribution in [0.25, 0.3) is 0 Å². The van der Waals surface area contributed by atoms with Crippen molar-refractivity contribution in [1.82, 2.24) is 9.97 Å². The molecular formula is C20H26N4O3. The molecule has 0 aromatic carbocycles. The zero-order chi connectivity index (χ0) is 18.6. The predicted octanol–water partition coefficient (Wildman–Crippen LogP) is 1.83. The summed E-state index contributed by atoms with van der Waals surface area (Å²) >= 11 is 0. The van der Waals surface area contributed by atoms with Gasteiger partial charge in [0.15, 0.2) is 0 Å². The van der Waals surface area contributed by atoms with E-state index in [-0.39, 0.29) is 5.56 Å². The van der Waals surface area contributed by atoms with Crippen LogP contribution < -0.4 is 20.1 Å². The van der Waals surface area contributed by atoms with Crippen LogP contribution in [0, 0.1) is 0 Å². The van der Waals surface area contributed by atoms with Gasteiger partial charge in [0, 0.05) is 55.8 Å². The lowest BCUT2D eigenvalue weighted by molar-refractivity contribution is 0.122. The van der Waals surface area contributed by atoms with E-state index in [2.05, 4.69) is 31.9 Å². The van der Waals surface area contributed by atoms with Gasteiger partial charge in [-0.05, 0) is 24.8 Å². The van der Waals surface area contributed by atoms with Crippen molar-refractivity contribution >= 4 is 11.5 Å². The molecule has 0 spiro atoms. The molecule has 2 aromatic rings. The lowest BCUT2D eigenvalue weighted by atomic mass is 10.1. The minimum atomic E-state index is -0.0502. The summed E-state index contributed by atoms with van der Waals surface area (Å²) in [5, 5.41) is 0. The molecule has 7 heteroatoms. The maximum Gasteiger partial charge on any atom is 0.251 e. The number of nitrogens with one attached hydrogen (secondary N) is 1. The van der Waals surface area contributed by atoms with E-state index in [0.717, 1.165) is 50.4 Å². The first-order chi connectivity index (χ1) is 13.2. The van der Waals surface area contributed by atoms with Gasteiger partial charge in [0.05, 0.1) is 20.3 Å². The average Bonchev–Trinajstić information content (AvgIpc) is 3.17. The summed E-state index contributed by atoms with van der Waals surface area (Å²) in [6, 6.07) is 8.12. The van der Waals surface area contributed by atoms with Crippen molar-refractivity contribution in [1.29, 1.82) is 0 Å². The highest BCUT2D eigenvalue weighted by molar-refractivity contribution is 5.56. The molecule has 0 unspecified atom stereocenters. The number of pyridine rings is 2. The molecule has 27 heavy (non-hydrogen) atoms. The predicted molar refractivity (Wildman–Crippen MR) is 105 cm³/mol. The van der Waals surface area contributed by atoms with E-state index in [4.69, 9.17) is 9.47 Å². The van der Waals surface area contributed by atoms with Gasteiger partial charge in [0.2, 0.25) is 5.88 Å². The molecule has 7 nitrogen and oxygen atoms in total. The summed E-state index contributed by atoms with van der Waals surface area (Å²) in [5.74, 6) is 1.54. The van der Waals surface area contributed by atoms with Crippen LogP contribution in [0.3, 0.4) is 0 Å². The summed E-state index contributed by atoms with van der Waals surface area (Å²) < 4.78 is 10.6. The highest BCUT2D eigenvalue weighted by atomic mass is 16.5. The molecule has 4 heterocycles. The number of aromatic nitrogens is 2. The smallest absolute Gasteiger partial charge is 0.251 e. The van der Waals surface area contributed by atoms with Gasteiger partial charge in [-0.3, -0.25) is 4.79 Å². The third-order valence-electron chi connectivity index (χ3n) is 5.36. The Morgan fingerprint density at radius 1 is 1.26 bits per heavy atom. The summed E-state index contributed by atoms with van der Waals surface area (Å²) in [6.45, 7) is 4.02. The highest BCUT2D eigenvalue weighted by Gasteiger charge is 2.26. The highest BCUT2D eigenvalue weighted by Crippen LogP contribution is 2.28. The van der Waals surface area contributed by atoms with Crippen LogP contribution in [-0.2, 0) is 11.2 Å². The summed E-state index contributed by atoms with van der Waals surface area (Å²) in [7, 11) is 1.62. The molecule has 1 N–H and O–H groups in total. The molecular weight excluding hydrogens is 344 g/mol. The van der Waals surface area contributed by atoms with E-state index in [1.807, 2.05) is 12.3 Å². The van der Waals surface area contributed by atoms with Gasteiger partial charge in [-0.25, -0.2) is 4.98 Å². The fourth-order valence-corrected chi connectivity index (χ4v) is 3.96. The van der Waals surface area contributed by atoms with Gasteiger partial charge in [-0.15, -0.1) is 0 Å². The molecule has 2 saturated heterocycles. The van der Waals surface area contributed by atoms with Gasteiger partial charge in [-0.2, -0.15) is 0 Å². The first-order valence-corrected chi connectivity index (χ1v) is 9.55. The Labute approximate surface area is 158 Å². The molecule has 4 rings (SSSR count). The zero-order valence-electron chi connectivity index (χ0n) is 15.7. The topological polar surface area (TPSA) is 70.7 Å². The summed E-state index contributed by atoms with van der Waals surface area (Å²) in [5.41, 5.74) is 2.11. The van der Waals surface area contributed by atoms with Crippen molar-refractivity contribution < 1.29 is 9.47 Å². The van der Waals surface area contributed by atoms with Crippen LogP contribution in [0.1, 0.15) is 18.4 Å². The van der Waals surface area contributed by atoms with E-state index in [1.54, 1.807) is 13.2 Å². The fourth-order valence-electron chi connectivity index (χ4n) is 3.96. The molecule has 0 radical (unpaired) electrons. The van der Waals surface area contributed by atoms with Crippen molar-refractivity contribution in [2.75, 3.05) is 49.8 Å². The monoisotopic (exact) mass is 370 g/mol. The number of rotatable bonds is 5. The molecule has 144 valence electrons. The lowest BCUT2D eigenvalue weighted by Crippen LogP contribution is -2.37. The molecule has 0 aliphatic carbocycles. The Morgan fingerprint density at radius 3 is 2.85 bits per heavy atom. The molecule has 0 saturated carbocycles. The number of hydrogen-bond donors (Lipinski definition) is 1. The Hall–Kier alpha value is -2.54. The Balaban J connectivity index is 1.53. The molecule has 2 aliphatic heterocycles. The van der Waals surface area contributed by atoms with Crippen LogP contribution in [0.15, 0.2) is 35.3 Å². The molecule has 2 aromatic heterocycles. The van der Waals surface area contributed by atoms with Crippen molar-refractivity contribution in [3.8, 4) is 5.88 Å². The Bertz CT molecular complexity index is 815.